The van der Waals surface area contributed by atoms with Crippen molar-refractivity contribution in [2.24, 2.45) is 0 Å². The average Bonchev–Trinajstić information content (AvgIpc) is 3.11. The van der Waals surface area contributed by atoms with Gasteiger partial charge in [0.1, 0.15) is 0 Å². The monoisotopic (exact) mass is 350 g/mol. The minimum Gasteiger partial charge on any atom is -0.338 e. The average molecular weight is 350 g/mol. The van der Waals surface area contributed by atoms with Crippen LogP contribution in [0.25, 0.3) is 0 Å². The molecule has 1 atom stereocenters. The largest absolute Gasteiger partial charge is 0.338 e. The molecule has 0 N–H and O–H groups in total. The summed E-state index contributed by atoms with van der Waals surface area (Å²) in [6.45, 7) is 6.17. The summed E-state index contributed by atoms with van der Waals surface area (Å²) in [6.07, 6.45) is 0.735. The van der Waals surface area contributed by atoms with Crippen LogP contribution in [0, 0.1) is 0 Å². The van der Waals surface area contributed by atoms with Gasteiger partial charge in [-0.2, -0.15) is 9.29 Å². The lowest BCUT2D eigenvalue weighted by atomic mass is 10.2. The fourth-order valence-electron chi connectivity index (χ4n) is 2.81. The summed E-state index contributed by atoms with van der Waals surface area (Å²) in [7, 11) is -3.42. The highest BCUT2D eigenvalue weighted by Gasteiger charge is 2.31. The van der Waals surface area contributed by atoms with Crippen molar-refractivity contribution in [2.45, 2.75) is 31.2 Å². The van der Waals surface area contributed by atoms with Gasteiger partial charge in [-0.25, -0.2) is 8.42 Å². The molecule has 7 nitrogen and oxygen atoms in total. The van der Waals surface area contributed by atoms with Crippen LogP contribution in [-0.2, 0) is 16.4 Å². The number of hydrogen-bond donors (Lipinski definition) is 0. The van der Waals surface area contributed by atoms with E-state index in [4.69, 9.17) is 4.52 Å². The molecule has 1 aliphatic heterocycles. The van der Waals surface area contributed by atoms with Gasteiger partial charge in [-0.3, -0.25) is 4.90 Å². The summed E-state index contributed by atoms with van der Waals surface area (Å²) >= 11 is 0. The summed E-state index contributed by atoms with van der Waals surface area (Å²) in [6, 6.07) is 8.55. The molecule has 0 bridgehead atoms. The summed E-state index contributed by atoms with van der Waals surface area (Å²) in [5.41, 5.74) is 0. The van der Waals surface area contributed by atoms with E-state index in [1.165, 1.54) is 4.31 Å². The number of benzene rings is 1. The normalized spacial score (nSPS) is 18.6. The Labute approximate surface area is 142 Å². The summed E-state index contributed by atoms with van der Waals surface area (Å²) in [4.78, 5) is 6.88. The van der Waals surface area contributed by atoms with Gasteiger partial charge >= 0.3 is 0 Å². The van der Waals surface area contributed by atoms with Crippen LogP contribution >= 0.6 is 0 Å². The molecule has 1 saturated heterocycles. The third-order valence-corrected chi connectivity index (χ3v) is 6.27. The minimum atomic E-state index is -3.42. The number of rotatable bonds is 5. The van der Waals surface area contributed by atoms with E-state index in [0.717, 1.165) is 6.42 Å². The third-order valence-electron chi connectivity index (χ3n) is 4.36. The van der Waals surface area contributed by atoms with Crippen molar-refractivity contribution in [3.05, 3.63) is 42.0 Å². The zero-order valence-corrected chi connectivity index (χ0v) is 14.7. The lowest BCUT2D eigenvalue weighted by molar-refractivity contribution is 0.124. The SMILES string of the molecule is CCc1noc(C(C)N2CCN(S(=O)(=O)c3ccccc3)CC2)n1. The highest BCUT2D eigenvalue weighted by Crippen LogP contribution is 2.23. The molecule has 8 heteroatoms. The predicted molar refractivity (Wildman–Crippen MR) is 88.9 cm³/mol. The molecule has 0 radical (unpaired) electrons. The van der Waals surface area contributed by atoms with Crippen LogP contribution in [0.1, 0.15) is 31.6 Å². The second kappa shape index (κ2) is 7.00. The molecule has 2 aromatic rings. The molecule has 1 aliphatic rings. The van der Waals surface area contributed by atoms with Crippen LogP contribution in [-0.4, -0.2) is 53.9 Å². The van der Waals surface area contributed by atoms with Crippen molar-refractivity contribution < 1.29 is 12.9 Å². The van der Waals surface area contributed by atoms with Crippen LogP contribution in [0.2, 0.25) is 0 Å². The van der Waals surface area contributed by atoms with Crippen LogP contribution in [0.5, 0.6) is 0 Å². The Morgan fingerprint density at radius 2 is 1.83 bits per heavy atom. The van der Waals surface area contributed by atoms with Gasteiger partial charge < -0.3 is 4.52 Å². The van der Waals surface area contributed by atoms with E-state index in [0.29, 0.717) is 42.8 Å². The smallest absolute Gasteiger partial charge is 0.243 e. The van der Waals surface area contributed by atoms with E-state index in [1.54, 1.807) is 24.3 Å². The van der Waals surface area contributed by atoms with E-state index in [2.05, 4.69) is 15.0 Å². The first-order valence-electron chi connectivity index (χ1n) is 8.14. The van der Waals surface area contributed by atoms with Crippen molar-refractivity contribution in [3.63, 3.8) is 0 Å². The Kier molecular flexibility index (Phi) is 4.98. The molecule has 24 heavy (non-hydrogen) atoms. The molecule has 0 aliphatic carbocycles. The van der Waals surface area contributed by atoms with E-state index >= 15 is 0 Å². The quantitative estimate of drug-likeness (QED) is 0.817. The topological polar surface area (TPSA) is 79.5 Å². The zero-order valence-electron chi connectivity index (χ0n) is 13.9. The zero-order chi connectivity index (χ0) is 17.2. The molecule has 3 rings (SSSR count). The van der Waals surface area contributed by atoms with E-state index < -0.39 is 10.0 Å². The summed E-state index contributed by atoms with van der Waals surface area (Å²) in [5, 5.41) is 3.93. The molecular formula is C16H22N4O3S. The molecule has 0 amide bonds. The number of aromatic nitrogens is 2. The number of piperazine rings is 1. The van der Waals surface area contributed by atoms with E-state index in [-0.39, 0.29) is 6.04 Å². The molecular weight excluding hydrogens is 328 g/mol. The molecule has 0 spiro atoms. The van der Waals surface area contributed by atoms with Gasteiger partial charge in [-0.05, 0) is 19.1 Å². The van der Waals surface area contributed by atoms with Gasteiger partial charge in [0, 0.05) is 32.6 Å². The Morgan fingerprint density at radius 1 is 1.17 bits per heavy atom. The summed E-state index contributed by atoms with van der Waals surface area (Å²) < 4.78 is 32.1. The molecule has 1 unspecified atom stereocenters. The maximum atomic E-state index is 12.6. The molecule has 1 aromatic carbocycles. The van der Waals surface area contributed by atoms with Gasteiger partial charge in [0.15, 0.2) is 5.82 Å². The standard InChI is InChI=1S/C16H22N4O3S/c1-3-15-17-16(23-18-15)13(2)19-9-11-20(12-10-19)24(21,22)14-7-5-4-6-8-14/h4-8,13H,3,9-12H2,1-2H3. The fourth-order valence-corrected chi connectivity index (χ4v) is 4.25. The van der Waals surface area contributed by atoms with Crippen LogP contribution < -0.4 is 0 Å². The first-order chi connectivity index (χ1) is 11.5. The van der Waals surface area contributed by atoms with Gasteiger partial charge in [0.05, 0.1) is 10.9 Å². The van der Waals surface area contributed by atoms with Crippen molar-refractivity contribution in [1.29, 1.82) is 0 Å². The maximum Gasteiger partial charge on any atom is 0.243 e. The van der Waals surface area contributed by atoms with Crippen LogP contribution in [0.3, 0.4) is 0 Å². The minimum absolute atomic E-state index is 0.0145. The maximum absolute atomic E-state index is 12.6. The van der Waals surface area contributed by atoms with Gasteiger partial charge in [0.25, 0.3) is 0 Å². The second-order valence-corrected chi connectivity index (χ2v) is 7.77. The van der Waals surface area contributed by atoms with Crippen molar-refractivity contribution in [1.82, 2.24) is 19.3 Å². The molecule has 130 valence electrons. The van der Waals surface area contributed by atoms with Crippen LogP contribution in [0.4, 0.5) is 0 Å². The third kappa shape index (κ3) is 3.35. The number of hydrogen-bond acceptors (Lipinski definition) is 6. The lowest BCUT2D eigenvalue weighted by Gasteiger charge is -2.36. The number of nitrogens with zero attached hydrogens (tertiary/aromatic N) is 4. The molecule has 2 heterocycles. The second-order valence-electron chi connectivity index (χ2n) is 5.83. The van der Waals surface area contributed by atoms with E-state index in [1.807, 2.05) is 19.9 Å². The summed E-state index contributed by atoms with van der Waals surface area (Å²) in [5.74, 6) is 1.29. The molecule has 1 aromatic heterocycles. The van der Waals surface area contributed by atoms with Crippen molar-refractivity contribution in [3.8, 4) is 0 Å². The Morgan fingerprint density at radius 3 is 2.42 bits per heavy atom. The highest BCUT2D eigenvalue weighted by atomic mass is 32.2. The number of aryl methyl sites for hydroxylation is 1. The van der Waals surface area contributed by atoms with Gasteiger partial charge in [-0.1, -0.05) is 30.3 Å². The highest BCUT2D eigenvalue weighted by molar-refractivity contribution is 7.89. The van der Waals surface area contributed by atoms with Gasteiger partial charge in [0.2, 0.25) is 15.9 Å². The fraction of sp³-hybridized carbons (Fsp3) is 0.500. The van der Waals surface area contributed by atoms with Gasteiger partial charge in [-0.15, -0.1) is 0 Å². The lowest BCUT2D eigenvalue weighted by Crippen LogP contribution is -2.49. The van der Waals surface area contributed by atoms with Crippen molar-refractivity contribution >= 4 is 10.0 Å². The van der Waals surface area contributed by atoms with E-state index in [9.17, 15) is 8.42 Å². The Bertz CT molecular complexity index is 768. The Hall–Kier alpha value is -1.77. The first-order valence-corrected chi connectivity index (χ1v) is 9.58. The molecule has 1 fully saturated rings. The van der Waals surface area contributed by atoms with Crippen LogP contribution in [0.15, 0.2) is 39.8 Å². The number of sulfonamides is 1. The Balaban J connectivity index is 1.65. The van der Waals surface area contributed by atoms with Crippen molar-refractivity contribution in [2.75, 3.05) is 26.2 Å². The molecule has 0 saturated carbocycles. The first kappa shape index (κ1) is 17.1. The predicted octanol–water partition coefficient (Wildman–Crippen LogP) is 1.70.